The molecule has 4 aromatic rings. The highest BCUT2D eigenvalue weighted by molar-refractivity contribution is 9.10. The number of hydrogen-bond acceptors (Lipinski definition) is 4. The predicted octanol–water partition coefficient (Wildman–Crippen LogP) is 5.96. The van der Waals surface area contributed by atoms with E-state index >= 15 is 0 Å². The average Bonchev–Trinajstić information content (AvgIpc) is 3.36. The molecular weight excluding hydrogens is 496 g/mol. The minimum atomic E-state index is 0. The van der Waals surface area contributed by atoms with Crippen molar-refractivity contribution in [2.45, 2.75) is 33.2 Å². The summed E-state index contributed by atoms with van der Waals surface area (Å²) in [6.45, 7) is 5.56. The monoisotopic (exact) mass is 518 g/mol. The Labute approximate surface area is 200 Å². The third-order valence-electron chi connectivity index (χ3n) is 5.07. The molecule has 4 rings (SSSR count). The van der Waals surface area contributed by atoms with Gasteiger partial charge >= 0.3 is 0 Å². The van der Waals surface area contributed by atoms with Crippen molar-refractivity contribution < 1.29 is 4.79 Å². The fourth-order valence-electron chi connectivity index (χ4n) is 3.46. The quantitative estimate of drug-likeness (QED) is 0.303. The average molecular weight is 520 g/mol. The topological polar surface area (TPSA) is 51.0 Å². The van der Waals surface area contributed by atoms with Gasteiger partial charge in [-0.15, -0.1) is 12.4 Å². The molecule has 0 N–H and O–H groups in total. The van der Waals surface area contributed by atoms with Crippen LogP contribution in [-0.2, 0) is 17.8 Å². The van der Waals surface area contributed by atoms with Crippen molar-refractivity contribution in [3.8, 4) is 0 Å². The van der Waals surface area contributed by atoms with Crippen molar-refractivity contribution >= 4 is 60.9 Å². The highest BCUT2D eigenvalue weighted by Gasteiger charge is 2.20. The number of thiazole rings is 1. The normalized spacial score (nSPS) is 10.8. The summed E-state index contributed by atoms with van der Waals surface area (Å²) in [6.07, 6.45) is 6.72. The molecule has 2 heterocycles. The molecule has 0 aliphatic rings. The van der Waals surface area contributed by atoms with E-state index in [1.807, 2.05) is 27.8 Å². The van der Waals surface area contributed by atoms with Gasteiger partial charge in [0.25, 0.3) is 0 Å². The van der Waals surface area contributed by atoms with Crippen LogP contribution in [0, 0.1) is 13.8 Å². The molecule has 0 saturated carbocycles. The van der Waals surface area contributed by atoms with Gasteiger partial charge in [-0.05, 0) is 49.6 Å². The van der Waals surface area contributed by atoms with Gasteiger partial charge in [0.15, 0.2) is 5.13 Å². The third-order valence-corrected chi connectivity index (χ3v) is 6.60. The molecule has 0 fully saturated rings. The third kappa shape index (κ3) is 5.73. The van der Waals surface area contributed by atoms with Crippen molar-refractivity contribution in [2.24, 2.45) is 0 Å². The zero-order chi connectivity index (χ0) is 21.1. The first-order chi connectivity index (χ1) is 14.5. The number of nitrogens with zero attached hydrogens (tertiary/aromatic N) is 4. The highest BCUT2D eigenvalue weighted by Crippen LogP contribution is 2.31. The molecule has 0 radical (unpaired) electrons. The number of amides is 1. The summed E-state index contributed by atoms with van der Waals surface area (Å²) in [4.78, 5) is 24.0. The lowest BCUT2D eigenvalue weighted by molar-refractivity contribution is -0.118. The van der Waals surface area contributed by atoms with Crippen LogP contribution in [0.25, 0.3) is 10.2 Å². The van der Waals surface area contributed by atoms with E-state index in [1.165, 1.54) is 5.56 Å². The van der Waals surface area contributed by atoms with Crippen LogP contribution < -0.4 is 4.90 Å². The van der Waals surface area contributed by atoms with Gasteiger partial charge in [-0.2, -0.15) is 0 Å². The molecule has 0 bridgehead atoms. The number of benzene rings is 2. The molecule has 0 unspecified atom stereocenters. The number of halogens is 2. The van der Waals surface area contributed by atoms with E-state index in [9.17, 15) is 4.79 Å². The van der Waals surface area contributed by atoms with Gasteiger partial charge in [-0.3, -0.25) is 9.69 Å². The van der Waals surface area contributed by atoms with Crippen molar-refractivity contribution in [3.63, 3.8) is 0 Å². The Kier molecular flexibility index (Phi) is 7.86. The van der Waals surface area contributed by atoms with Gasteiger partial charge in [0.1, 0.15) is 0 Å². The lowest BCUT2D eigenvalue weighted by atomic mass is 10.0. The number of aryl methyl sites for hydroxylation is 3. The van der Waals surface area contributed by atoms with E-state index in [0.717, 1.165) is 43.9 Å². The van der Waals surface area contributed by atoms with E-state index in [2.05, 4.69) is 59.0 Å². The molecule has 8 heteroatoms. The van der Waals surface area contributed by atoms with Crippen LogP contribution in [0.4, 0.5) is 5.13 Å². The first-order valence-corrected chi connectivity index (χ1v) is 11.5. The molecule has 0 aliphatic heterocycles. The summed E-state index contributed by atoms with van der Waals surface area (Å²) in [5, 5.41) is 0.753. The Hall–Kier alpha value is -2.22. The number of aromatic nitrogens is 3. The number of anilines is 1. The zero-order valence-electron chi connectivity index (χ0n) is 17.4. The largest absolute Gasteiger partial charge is 0.337 e. The number of rotatable bonds is 7. The minimum Gasteiger partial charge on any atom is -0.337 e. The summed E-state index contributed by atoms with van der Waals surface area (Å²) < 4.78 is 4.11. The summed E-state index contributed by atoms with van der Waals surface area (Å²) in [6, 6.07) is 12.3. The molecule has 2 aromatic carbocycles. The van der Waals surface area contributed by atoms with Gasteiger partial charge in [0, 0.05) is 30.0 Å². The maximum Gasteiger partial charge on any atom is 0.233 e. The minimum absolute atomic E-state index is 0. The van der Waals surface area contributed by atoms with E-state index in [-0.39, 0.29) is 18.3 Å². The lowest BCUT2D eigenvalue weighted by Crippen LogP contribution is -2.33. The van der Waals surface area contributed by atoms with Crippen LogP contribution >= 0.6 is 39.7 Å². The fourth-order valence-corrected chi connectivity index (χ4v) is 5.02. The highest BCUT2D eigenvalue weighted by atomic mass is 79.9. The van der Waals surface area contributed by atoms with Crippen LogP contribution in [0.1, 0.15) is 23.1 Å². The molecule has 2 aromatic heterocycles. The molecule has 1 amide bonds. The van der Waals surface area contributed by atoms with E-state index in [1.54, 1.807) is 23.9 Å². The molecular formula is C23H24BrClN4OS. The molecule has 0 aliphatic carbocycles. The van der Waals surface area contributed by atoms with Crippen molar-refractivity contribution in [1.29, 1.82) is 0 Å². The zero-order valence-corrected chi connectivity index (χ0v) is 20.6. The van der Waals surface area contributed by atoms with Crippen molar-refractivity contribution in [2.75, 3.05) is 11.4 Å². The smallest absolute Gasteiger partial charge is 0.233 e. The maximum absolute atomic E-state index is 13.4. The number of fused-ring (bicyclic) bond motifs is 1. The van der Waals surface area contributed by atoms with Gasteiger partial charge < -0.3 is 4.57 Å². The van der Waals surface area contributed by atoms with Crippen molar-refractivity contribution in [3.05, 3.63) is 76.3 Å². The number of carbonyl (C=O) groups is 1. The van der Waals surface area contributed by atoms with Crippen molar-refractivity contribution in [1.82, 2.24) is 14.5 Å². The van der Waals surface area contributed by atoms with Crippen LogP contribution in [0.15, 0.2) is 59.6 Å². The standard InChI is InChI=1S/C23H23BrN4OS.ClH/c1-16-4-5-18(17(2)12-16)13-22(29)28(10-3-9-27-11-8-25-15-27)23-26-20-7-6-19(24)14-21(20)30-23;/h4-8,11-12,14-15H,3,9-10,13H2,1-2H3;1H. The molecule has 162 valence electrons. The summed E-state index contributed by atoms with van der Waals surface area (Å²) in [5.41, 5.74) is 4.33. The fraction of sp³-hybridized carbons (Fsp3) is 0.261. The first-order valence-electron chi connectivity index (χ1n) is 9.88. The Morgan fingerprint density at radius 2 is 2.03 bits per heavy atom. The van der Waals surface area contributed by atoms with E-state index < -0.39 is 0 Å². The van der Waals surface area contributed by atoms with Crippen LogP contribution in [0.3, 0.4) is 0 Å². The van der Waals surface area contributed by atoms with Crippen LogP contribution in [-0.4, -0.2) is 27.0 Å². The Morgan fingerprint density at radius 3 is 2.77 bits per heavy atom. The van der Waals surface area contributed by atoms with Gasteiger partial charge in [0.2, 0.25) is 5.91 Å². The van der Waals surface area contributed by atoms with Crippen LogP contribution in [0.5, 0.6) is 0 Å². The number of carbonyl (C=O) groups excluding carboxylic acids is 1. The molecule has 5 nitrogen and oxygen atoms in total. The second-order valence-corrected chi connectivity index (χ2v) is 9.34. The Bertz CT molecular complexity index is 1180. The second kappa shape index (κ2) is 10.4. The SMILES string of the molecule is Cc1ccc(CC(=O)N(CCCn2ccnc2)c2nc3ccc(Br)cc3s2)c(C)c1.Cl. The van der Waals surface area contributed by atoms with Gasteiger partial charge in [-0.25, -0.2) is 9.97 Å². The summed E-state index contributed by atoms with van der Waals surface area (Å²) in [7, 11) is 0. The Morgan fingerprint density at radius 1 is 1.19 bits per heavy atom. The molecule has 0 saturated heterocycles. The van der Waals surface area contributed by atoms with E-state index in [0.29, 0.717) is 13.0 Å². The maximum atomic E-state index is 13.4. The van der Waals surface area contributed by atoms with Gasteiger partial charge in [0.05, 0.1) is 23.0 Å². The molecule has 31 heavy (non-hydrogen) atoms. The second-order valence-electron chi connectivity index (χ2n) is 7.41. The molecule has 0 atom stereocenters. The first kappa shape index (κ1) is 23.4. The van der Waals surface area contributed by atoms with E-state index in [4.69, 9.17) is 4.98 Å². The number of imidazole rings is 1. The summed E-state index contributed by atoms with van der Waals surface area (Å²) in [5.74, 6) is 0.0747. The summed E-state index contributed by atoms with van der Waals surface area (Å²) >= 11 is 5.08. The van der Waals surface area contributed by atoms with Crippen LogP contribution in [0.2, 0.25) is 0 Å². The number of hydrogen-bond donors (Lipinski definition) is 0. The lowest BCUT2D eigenvalue weighted by Gasteiger charge is -2.20. The Balaban J connectivity index is 0.00000272. The molecule has 0 spiro atoms. The predicted molar refractivity (Wildman–Crippen MR) is 133 cm³/mol. The van der Waals surface area contributed by atoms with Gasteiger partial charge in [-0.1, -0.05) is 51.0 Å².